The van der Waals surface area contributed by atoms with Crippen molar-refractivity contribution < 1.29 is 23.9 Å². The van der Waals surface area contributed by atoms with Gasteiger partial charge in [-0.05, 0) is 61.5 Å². The van der Waals surface area contributed by atoms with Crippen molar-refractivity contribution in [3.8, 4) is 11.1 Å². The summed E-state index contributed by atoms with van der Waals surface area (Å²) in [4.78, 5) is 51.7. The second-order valence-electron chi connectivity index (χ2n) is 9.09. The van der Waals surface area contributed by atoms with Crippen LogP contribution < -0.4 is 10.9 Å². The number of benzene rings is 3. The molecule has 0 saturated heterocycles. The highest BCUT2D eigenvalue weighted by molar-refractivity contribution is 6.07. The van der Waals surface area contributed by atoms with Gasteiger partial charge in [0, 0.05) is 23.7 Å². The van der Waals surface area contributed by atoms with Crippen LogP contribution in [0.3, 0.4) is 0 Å². The number of ether oxygens (including phenoxy) is 2. The number of hydrogen-bond acceptors (Lipinski definition) is 6. The number of fused-ring (bicyclic) bond motifs is 1. The molecule has 0 aliphatic rings. The van der Waals surface area contributed by atoms with Crippen LogP contribution in [0.25, 0.3) is 21.9 Å². The van der Waals surface area contributed by atoms with Gasteiger partial charge < -0.3 is 19.4 Å². The molecule has 8 nitrogen and oxygen atoms in total. The number of amides is 1. The van der Waals surface area contributed by atoms with Crippen molar-refractivity contribution in [1.82, 2.24) is 4.57 Å². The van der Waals surface area contributed by atoms with E-state index in [2.05, 4.69) is 5.32 Å². The molecule has 4 aromatic rings. The van der Waals surface area contributed by atoms with Gasteiger partial charge in [-0.25, -0.2) is 9.59 Å². The molecule has 0 radical (unpaired) electrons. The number of carbonyl (C=O) groups excluding carboxylic acids is 3. The largest absolute Gasteiger partial charge is 0.462 e. The van der Waals surface area contributed by atoms with Crippen LogP contribution in [0.5, 0.6) is 0 Å². The molecule has 1 heterocycles. The molecule has 1 aromatic heterocycles. The van der Waals surface area contributed by atoms with E-state index in [-0.39, 0.29) is 24.3 Å². The Bertz CT molecular complexity index is 1590. The third kappa shape index (κ3) is 5.75. The summed E-state index contributed by atoms with van der Waals surface area (Å²) in [6, 6.07) is 21.0. The zero-order chi connectivity index (χ0) is 28.1. The summed E-state index contributed by atoms with van der Waals surface area (Å²) >= 11 is 0. The lowest BCUT2D eigenvalue weighted by Crippen LogP contribution is -2.34. The molecule has 8 heteroatoms. The Morgan fingerprint density at radius 2 is 1.51 bits per heavy atom. The third-order valence-electron chi connectivity index (χ3n) is 6.41. The van der Waals surface area contributed by atoms with Gasteiger partial charge in [-0.15, -0.1) is 0 Å². The van der Waals surface area contributed by atoms with Crippen LogP contribution in [0.15, 0.2) is 77.6 Å². The highest BCUT2D eigenvalue weighted by Gasteiger charge is 2.28. The number of esters is 2. The van der Waals surface area contributed by atoms with Crippen molar-refractivity contribution in [2.24, 2.45) is 7.05 Å². The van der Waals surface area contributed by atoms with E-state index in [9.17, 15) is 19.2 Å². The summed E-state index contributed by atoms with van der Waals surface area (Å²) in [5.41, 5.74) is 2.87. The highest BCUT2D eigenvalue weighted by atomic mass is 16.5. The number of nitrogens with one attached hydrogen (secondary N) is 1. The maximum absolute atomic E-state index is 13.6. The fourth-order valence-electron chi connectivity index (χ4n) is 4.35. The maximum Gasteiger partial charge on any atom is 0.356 e. The van der Waals surface area contributed by atoms with Crippen molar-refractivity contribution in [3.05, 3.63) is 100.0 Å². The van der Waals surface area contributed by atoms with Crippen LogP contribution in [-0.4, -0.2) is 35.1 Å². The average molecular weight is 527 g/mol. The summed E-state index contributed by atoms with van der Waals surface area (Å²) in [7, 11) is 1.52. The molecule has 0 spiro atoms. The number of rotatable bonds is 8. The minimum Gasteiger partial charge on any atom is -0.462 e. The Hall–Kier alpha value is -4.72. The van der Waals surface area contributed by atoms with Crippen molar-refractivity contribution >= 4 is 34.3 Å². The molecule has 0 aliphatic heterocycles. The molecule has 0 bridgehead atoms. The lowest BCUT2D eigenvalue weighted by Gasteiger charge is -2.20. The molecule has 200 valence electrons. The van der Waals surface area contributed by atoms with E-state index in [0.29, 0.717) is 27.6 Å². The van der Waals surface area contributed by atoms with Gasteiger partial charge in [0.2, 0.25) is 0 Å². The van der Waals surface area contributed by atoms with Gasteiger partial charge >= 0.3 is 11.9 Å². The van der Waals surface area contributed by atoms with Crippen molar-refractivity contribution in [2.75, 3.05) is 11.9 Å². The first-order chi connectivity index (χ1) is 18.7. The average Bonchev–Trinajstić information content (AvgIpc) is 2.94. The minimum absolute atomic E-state index is 0.0626. The second kappa shape index (κ2) is 11.8. The molecule has 0 saturated carbocycles. The van der Waals surface area contributed by atoms with Crippen LogP contribution in [0.2, 0.25) is 0 Å². The summed E-state index contributed by atoms with van der Waals surface area (Å²) in [6.07, 6.45) is -0.908. The van der Waals surface area contributed by atoms with Gasteiger partial charge in [0.05, 0.1) is 12.2 Å². The number of pyridine rings is 1. The zero-order valence-electron chi connectivity index (χ0n) is 22.3. The highest BCUT2D eigenvalue weighted by Crippen LogP contribution is 2.31. The van der Waals surface area contributed by atoms with E-state index in [0.717, 1.165) is 11.1 Å². The van der Waals surface area contributed by atoms with E-state index in [1.807, 2.05) is 37.3 Å². The molecule has 3 aromatic carbocycles. The number of anilines is 1. The van der Waals surface area contributed by atoms with E-state index < -0.39 is 23.9 Å². The van der Waals surface area contributed by atoms with E-state index in [1.54, 1.807) is 56.3 Å². The van der Waals surface area contributed by atoms with Gasteiger partial charge in [0.15, 0.2) is 6.10 Å². The van der Waals surface area contributed by atoms with E-state index in [1.165, 1.54) is 11.6 Å². The molecule has 1 atom stereocenters. The minimum atomic E-state index is -1.12. The fraction of sp³-hybridized carbons (Fsp3) is 0.226. The number of nitrogens with zero attached hydrogens (tertiary/aromatic N) is 1. The van der Waals surface area contributed by atoms with Gasteiger partial charge in [0.25, 0.3) is 11.5 Å². The van der Waals surface area contributed by atoms with Gasteiger partial charge in [-0.2, -0.15) is 0 Å². The molecule has 1 N–H and O–H groups in total. The smallest absolute Gasteiger partial charge is 0.356 e. The number of carbonyl (C=O) groups is 3. The van der Waals surface area contributed by atoms with E-state index >= 15 is 0 Å². The lowest BCUT2D eigenvalue weighted by molar-refractivity contribution is -0.124. The third-order valence-corrected chi connectivity index (χ3v) is 6.41. The molecule has 0 fully saturated rings. The molecular formula is C31H30N2O6. The Balaban J connectivity index is 1.65. The van der Waals surface area contributed by atoms with Crippen molar-refractivity contribution in [1.29, 1.82) is 0 Å². The van der Waals surface area contributed by atoms with Gasteiger partial charge in [-0.1, -0.05) is 55.0 Å². The molecule has 39 heavy (non-hydrogen) atoms. The van der Waals surface area contributed by atoms with Gasteiger partial charge in [-0.3, -0.25) is 9.59 Å². The van der Waals surface area contributed by atoms with Crippen LogP contribution in [0.4, 0.5) is 5.69 Å². The first-order valence-electron chi connectivity index (χ1n) is 12.7. The zero-order valence-corrected chi connectivity index (χ0v) is 22.3. The predicted molar refractivity (Wildman–Crippen MR) is 150 cm³/mol. The predicted octanol–water partition coefficient (Wildman–Crippen LogP) is 5.26. The fourth-order valence-corrected chi connectivity index (χ4v) is 4.35. The quantitative estimate of drug-likeness (QED) is 0.314. The number of aromatic nitrogens is 1. The molecular weight excluding hydrogens is 496 g/mol. The lowest BCUT2D eigenvalue weighted by atomic mass is 9.96. The van der Waals surface area contributed by atoms with Crippen LogP contribution >= 0.6 is 0 Å². The molecule has 1 amide bonds. The summed E-state index contributed by atoms with van der Waals surface area (Å²) < 4.78 is 12.0. The van der Waals surface area contributed by atoms with Gasteiger partial charge in [0.1, 0.15) is 5.69 Å². The van der Waals surface area contributed by atoms with Crippen LogP contribution in [0.1, 0.15) is 46.7 Å². The van der Waals surface area contributed by atoms with Crippen molar-refractivity contribution in [3.63, 3.8) is 0 Å². The van der Waals surface area contributed by atoms with Crippen LogP contribution in [0, 0.1) is 6.92 Å². The summed E-state index contributed by atoms with van der Waals surface area (Å²) in [5.74, 6) is -1.77. The van der Waals surface area contributed by atoms with E-state index in [4.69, 9.17) is 9.47 Å². The maximum atomic E-state index is 13.6. The molecule has 1 unspecified atom stereocenters. The first-order valence-corrected chi connectivity index (χ1v) is 12.7. The molecule has 4 rings (SSSR count). The first kappa shape index (κ1) is 27.3. The normalized spacial score (nSPS) is 11.6. The Morgan fingerprint density at radius 3 is 2.13 bits per heavy atom. The summed E-state index contributed by atoms with van der Waals surface area (Å²) in [5, 5.41) is 3.82. The Labute approximate surface area is 226 Å². The topological polar surface area (TPSA) is 104 Å². The van der Waals surface area contributed by atoms with Crippen LogP contribution in [-0.2, 0) is 21.3 Å². The number of aryl methyl sites for hydroxylation is 1. The Kier molecular flexibility index (Phi) is 8.24. The molecule has 0 aliphatic carbocycles. The SMILES string of the molecule is CCOC(=O)c1ccc(NC(=O)C(CC)OC(=O)c2c(-c3ccc(C)cc3)c3ccccc3c(=O)n2C)cc1. The summed E-state index contributed by atoms with van der Waals surface area (Å²) in [6.45, 7) is 5.67. The second-order valence-corrected chi connectivity index (χ2v) is 9.09. The Morgan fingerprint density at radius 1 is 0.872 bits per heavy atom. The number of hydrogen-bond donors (Lipinski definition) is 1. The monoisotopic (exact) mass is 526 g/mol. The standard InChI is InChI=1S/C31H30N2O6/c1-5-25(28(34)32-22-17-15-21(16-18-22)30(36)38-6-2)39-31(37)27-26(20-13-11-19(3)12-14-20)23-9-7-8-10-24(23)29(35)33(27)4/h7-18,25H,5-6H2,1-4H3,(H,32,34). The van der Waals surface area contributed by atoms with Crippen molar-refractivity contribution in [2.45, 2.75) is 33.3 Å².